The first-order valence-corrected chi connectivity index (χ1v) is 9.86. The Morgan fingerprint density at radius 3 is 2.12 bits per heavy atom. The first kappa shape index (κ1) is 17.8. The van der Waals surface area contributed by atoms with Gasteiger partial charge in [0.2, 0.25) is 10.0 Å². The zero-order chi connectivity index (χ0) is 18.1. The summed E-state index contributed by atoms with van der Waals surface area (Å²) in [4.78, 5) is 2.41. The highest BCUT2D eigenvalue weighted by Gasteiger charge is 2.29. The van der Waals surface area contributed by atoms with E-state index in [0.29, 0.717) is 31.1 Å². The first-order valence-electron chi connectivity index (χ1n) is 8.42. The molecule has 6 nitrogen and oxygen atoms in total. The Labute approximate surface area is 149 Å². The van der Waals surface area contributed by atoms with Crippen LogP contribution in [0.15, 0.2) is 47.5 Å². The van der Waals surface area contributed by atoms with Crippen LogP contribution in [-0.2, 0) is 15.4 Å². The summed E-state index contributed by atoms with van der Waals surface area (Å²) in [7, 11) is -3.46. The summed E-state index contributed by atoms with van der Waals surface area (Å²) >= 11 is 0. The largest absolute Gasteiger partial charge is 0.352 e. The molecule has 1 aliphatic heterocycles. The second-order valence-corrected chi connectivity index (χ2v) is 9.19. The molecule has 25 heavy (non-hydrogen) atoms. The molecule has 2 heterocycles. The molecule has 0 unspecified atom stereocenters. The topological polar surface area (TPSA) is 66.4 Å². The van der Waals surface area contributed by atoms with E-state index >= 15 is 0 Å². The van der Waals surface area contributed by atoms with Crippen molar-refractivity contribution in [1.29, 1.82) is 0 Å². The lowest BCUT2D eigenvalue weighted by molar-refractivity contribution is 0.383. The molecule has 0 N–H and O–H groups in total. The van der Waals surface area contributed by atoms with E-state index in [1.807, 2.05) is 24.3 Å². The molecule has 0 bridgehead atoms. The maximum absolute atomic E-state index is 12.9. The van der Waals surface area contributed by atoms with Crippen molar-refractivity contribution in [1.82, 2.24) is 14.5 Å². The maximum Gasteiger partial charge on any atom is 0.243 e. The molecule has 0 amide bonds. The van der Waals surface area contributed by atoms with Crippen LogP contribution in [-0.4, -0.2) is 49.1 Å². The van der Waals surface area contributed by atoms with Crippen molar-refractivity contribution in [3.63, 3.8) is 0 Å². The molecular formula is C18H24N4O2S. The van der Waals surface area contributed by atoms with Gasteiger partial charge in [-0.3, -0.25) is 0 Å². The summed E-state index contributed by atoms with van der Waals surface area (Å²) in [5.41, 5.74) is 1.13. The summed E-state index contributed by atoms with van der Waals surface area (Å²) in [5, 5.41) is 7.97. The van der Waals surface area contributed by atoms with E-state index in [0.717, 1.165) is 11.4 Å². The average Bonchev–Trinajstić information content (AvgIpc) is 2.62. The summed E-state index contributed by atoms with van der Waals surface area (Å²) in [6.07, 6.45) is 1.63. The number of anilines is 1. The van der Waals surface area contributed by atoms with Gasteiger partial charge >= 0.3 is 0 Å². The molecule has 7 heteroatoms. The Kier molecular flexibility index (Phi) is 4.79. The molecule has 0 atom stereocenters. The van der Waals surface area contributed by atoms with Crippen molar-refractivity contribution in [2.24, 2.45) is 0 Å². The zero-order valence-electron chi connectivity index (χ0n) is 14.9. The average molecular weight is 360 g/mol. The highest BCUT2D eigenvalue weighted by molar-refractivity contribution is 7.89. The summed E-state index contributed by atoms with van der Waals surface area (Å²) in [5.74, 6) is 0.786. The third kappa shape index (κ3) is 3.82. The highest BCUT2D eigenvalue weighted by atomic mass is 32.2. The van der Waals surface area contributed by atoms with Crippen molar-refractivity contribution in [3.05, 3.63) is 48.2 Å². The van der Waals surface area contributed by atoms with Gasteiger partial charge in [-0.15, -0.1) is 5.10 Å². The molecule has 2 aromatic rings. The van der Waals surface area contributed by atoms with Gasteiger partial charge in [-0.25, -0.2) is 8.42 Å². The molecular weight excluding hydrogens is 336 g/mol. The highest BCUT2D eigenvalue weighted by Crippen LogP contribution is 2.25. The van der Waals surface area contributed by atoms with Gasteiger partial charge in [-0.1, -0.05) is 32.9 Å². The fraction of sp³-hybridized carbons (Fsp3) is 0.444. The van der Waals surface area contributed by atoms with Crippen LogP contribution in [0, 0.1) is 0 Å². The lowest BCUT2D eigenvalue weighted by Crippen LogP contribution is -2.48. The molecule has 1 fully saturated rings. The van der Waals surface area contributed by atoms with E-state index in [9.17, 15) is 8.42 Å². The van der Waals surface area contributed by atoms with Gasteiger partial charge in [0.15, 0.2) is 5.82 Å². The van der Waals surface area contributed by atoms with Crippen LogP contribution in [0.4, 0.5) is 5.82 Å². The van der Waals surface area contributed by atoms with Crippen LogP contribution in [0.2, 0.25) is 0 Å². The van der Waals surface area contributed by atoms with Gasteiger partial charge in [0.05, 0.1) is 4.90 Å². The second-order valence-electron chi connectivity index (χ2n) is 7.25. The van der Waals surface area contributed by atoms with Crippen LogP contribution >= 0.6 is 0 Å². The second kappa shape index (κ2) is 6.72. The summed E-state index contributed by atoms with van der Waals surface area (Å²) in [6, 6.07) is 11.0. The van der Waals surface area contributed by atoms with E-state index in [4.69, 9.17) is 0 Å². The molecule has 0 spiro atoms. The molecule has 1 aliphatic rings. The van der Waals surface area contributed by atoms with E-state index in [1.54, 1.807) is 22.6 Å². The van der Waals surface area contributed by atoms with E-state index < -0.39 is 10.0 Å². The Morgan fingerprint density at radius 1 is 0.960 bits per heavy atom. The predicted molar refractivity (Wildman–Crippen MR) is 98.1 cm³/mol. The fourth-order valence-corrected chi connectivity index (χ4v) is 4.32. The van der Waals surface area contributed by atoms with E-state index in [-0.39, 0.29) is 5.41 Å². The van der Waals surface area contributed by atoms with E-state index in [2.05, 4.69) is 35.9 Å². The van der Waals surface area contributed by atoms with Gasteiger partial charge in [0.1, 0.15) is 0 Å². The summed E-state index contributed by atoms with van der Waals surface area (Å²) < 4.78 is 27.3. The number of nitrogens with zero attached hydrogens (tertiary/aromatic N) is 4. The lowest BCUT2D eigenvalue weighted by Gasteiger charge is -2.34. The first-order chi connectivity index (χ1) is 11.8. The number of piperazine rings is 1. The molecule has 3 rings (SSSR count). The zero-order valence-corrected chi connectivity index (χ0v) is 15.7. The number of hydrogen-bond acceptors (Lipinski definition) is 5. The number of rotatable bonds is 3. The number of sulfonamides is 1. The Hall–Kier alpha value is -1.99. The van der Waals surface area contributed by atoms with Gasteiger partial charge in [-0.2, -0.15) is 9.40 Å². The molecule has 134 valence electrons. The summed E-state index contributed by atoms with van der Waals surface area (Å²) in [6.45, 7) is 8.45. The quantitative estimate of drug-likeness (QED) is 0.840. The fourth-order valence-electron chi connectivity index (χ4n) is 2.90. The predicted octanol–water partition coefficient (Wildman–Crippen LogP) is 2.29. The normalized spacial score (nSPS) is 16.8. The van der Waals surface area contributed by atoms with Crippen LogP contribution < -0.4 is 4.90 Å². The van der Waals surface area contributed by atoms with Crippen molar-refractivity contribution in [2.75, 3.05) is 31.1 Å². The molecule has 1 aromatic heterocycles. The van der Waals surface area contributed by atoms with Crippen molar-refractivity contribution < 1.29 is 8.42 Å². The lowest BCUT2D eigenvalue weighted by atomic mass is 9.87. The minimum Gasteiger partial charge on any atom is -0.352 e. The third-order valence-electron chi connectivity index (χ3n) is 4.48. The Morgan fingerprint density at radius 2 is 1.60 bits per heavy atom. The van der Waals surface area contributed by atoms with Gasteiger partial charge in [0.25, 0.3) is 0 Å². The van der Waals surface area contributed by atoms with Gasteiger partial charge < -0.3 is 4.90 Å². The maximum atomic E-state index is 12.9. The van der Waals surface area contributed by atoms with Crippen LogP contribution in [0.25, 0.3) is 0 Å². The molecule has 0 aliphatic carbocycles. The monoisotopic (exact) mass is 360 g/mol. The minimum absolute atomic E-state index is 0.00460. The number of benzene rings is 1. The van der Waals surface area contributed by atoms with E-state index in [1.165, 1.54) is 0 Å². The molecule has 1 saturated heterocycles. The minimum atomic E-state index is -3.46. The SMILES string of the molecule is CC(C)(C)c1ccc(S(=O)(=O)N2CCN(c3cccnn3)CC2)cc1. The third-order valence-corrected chi connectivity index (χ3v) is 6.39. The van der Waals surface area contributed by atoms with Crippen LogP contribution in [0.1, 0.15) is 26.3 Å². The van der Waals surface area contributed by atoms with Gasteiger partial charge in [0, 0.05) is 32.4 Å². The van der Waals surface area contributed by atoms with Crippen molar-refractivity contribution in [3.8, 4) is 0 Å². The number of aromatic nitrogens is 2. The Bertz CT molecular complexity index is 806. The molecule has 0 radical (unpaired) electrons. The van der Waals surface area contributed by atoms with Gasteiger partial charge in [-0.05, 0) is 35.2 Å². The van der Waals surface area contributed by atoms with Crippen molar-refractivity contribution >= 4 is 15.8 Å². The van der Waals surface area contributed by atoms with Crippen molar-refractivity contribution in [2.45, 2.75) is 31.1 Å². The number of hydrogen-bond donors (Lipinski definition) is 0. The van der Waals surface area contributed by atoms with Crippen LogP contribution in [0.5, 0.6) is 0 Å². The smallest absolute Gasteiger partial charge is 0.243 e. The standard InChI is InChI=1S/C18H24N4O2S/c1-18(2,3)15-6-8-16(9-7-15)25(23,24)22-13-11-21(12-14-22)17-5-4-10-19-20-17/h4-10H,11-14H2,1-3H3. The molecule has 1 aromatic carbocycles. The van der Waals surface area contributed by atoms with Crippen LogP contribution in [0.3, 0.4) is 0 Å². The Balaban J connectivity index is 1.72. The molecule has 0 saturated carbocycles.